The summed E-state index contributed by atoms with van der Waals surface area (Å²) in [5, 5.41) is 15.7. The average molecular weight is 835 g/mol. The lowest BCUT2D eigenvalue weighted by atomic mass is 10.0. The van der Waals surface area contributed by atoms with Crippen LogP contribution in [0.1, 0.15) is 67.2 Å². The molecule has 324 valence electrons. The Bertz CT molecular complexity index is 2820. The second-order valence-corrected chi connectivity index (χ2v) is 11.2. The lowest BCUT2D eigenvalue weighted by Gasteiger charge is -2.19. The summed E-state index contributed by atoms with van der Waals surface area (Å²) in [5.74, 6) is 57.6. The second kappa shape index (κ2) is 35.7. The van der Waals surface area contributed by atoms with Crippen LogP contribution in [0.15, 0.2) is 87.9 Å². The maximum atomic E-state index is 12.3. The van der Waals surface area contributed by atoms with Crippen molar-refractivity contribution in [2.24, 2.45) is 21.0 Å². The van der Waals surface area contributed by atoms with Crippen molar-refractivity contribution in [3.63, 3.8) is 0 Å². The molecule has 1 atom stereocenters. The quantitative estimate of drug-likeness (QED) is 0.0714. The van der Waals surface area contributed by atoms with Crippen LogP contribution in [0.4, 0.5) is 5.82 Å². The number of nitrogens with zero attached hydrogens (tertiary/aromatic N) is 7. The van der Waals surface area contributed by atoms with Gasteiger partial charge >= 0.3 is 0 Å². The minimum atomic E-state index is -0.0693. The van der Waals surface area contributed by atoms with Crippen LogP contribution in [0.5, 0.6) is 0 Å². The number of carbonyl (C=O) groups is 1. The molecule has 0 aliphatic rings. The Labute approximate surface area is 383 Å². The van der Waals surface area contributed by atoms with Gasteiger partial charge in [0.15, 0.2) is 0 Å². The fraction of sp³-hybridized carbons (Fsp3) is 0.180. The molecule has 3 rings (SSSR count). The van der Waals surface area contributed by atoms with E-state index in [9.17, 15) is 4.79 Å². The fourth-order valence-electron chi connectivity index (χ4n) is 4.07. The molecular formula is C50H62N10O2. The molecule has 1 heterocycles. The van der Waals surface area contributed by atoms with Gasteiger partial charge in [-0.25, -0.2) is 4.98 Å². The Balaban J connectivity index is -0.0000000734. The summed E-state index contributed by atoms with van der Waals surface area (Å²) in [6.07, 6.45) is 10.5. The summed E-state index contributed by atoms with van der Waals surface area (Å²) < 4.78 is 0. The van der Waals surface area contributed by atoms with Gasteiger partial charge in [0.05, 0.1) is 24.1 Å². The summed E-state index contributed by atoms with van der Waals surface area (Å²) >= 11 is 0. The van der Waals surface area contributed by atoms with Gasteiger partial charge in [-0.2, -0.15) is 5.53 Å². The van der Waals surface area contributed by atoms with E-state index in [0.29, 0.717) is 12.1 Å². The van der Waals surface area contributed by atoms with Crippen molar-refractivity contribution in [1.82, 2.24) is 20.2 Å². The third-order valence-corrected chi connectivity index (χ3v) is 6.59. The Morgan fingerprint density at radius 3 is 1.71 bits per heavy atom. The monoisotopic (exact) mass is 835 g/mol. The van der Waals surface area contributed by atoms with Crippen LogP contribution in [0, 0.1) is 153 Å². The van der Waals surface area contributed by atoms with Crippen LogP contribution in [-0.2, 0) is 0 Å². The Kier molecular flexibility index (Phi) is 28.9. The molecular weight excluding hydrogens is 773 g/mol. The van der Waals surface area contributed by atoms with E-state index in [1.165, 1.54) is 5.56 Å². The molecule has 12 heteroatoms. The molecule has 1 unspecified atom stereocenters. The summed E-state index contributed by atoms with van der Waals surface area (Å²) in [6, 6.07) is 18.1. The first-order valence-electron chi connectivity index (χ1n) is 18.0. The number of hydrogen-bond donors (Lipinski definition) is 3. The van der Waals surface area contributed by atoms with Crippen molar-refractivity contribution in [3.8, 4) is 154 Å². The number of rotatable bonds is 12. The number of amides is 1. The van der Waals surface area contributed by atoms with E-state index in [-0.39, 0.29) is 30.5 Å². The van der Waals surface area contributed by atoms with Gasteiger partial charge in [0, 0.05) is 83.5 Å². The van der Waals surface area contributed by atoms with Crippen LogP contribution in [0.25, 0.3) is 11.3 Å². The molecule has 0 fully saturated rings. The van der Waals surface area contributed by atoms with Crippen molar-refractivity contribution >= 4 is 11.7 Å². The number of carbonyl (C=O) groups excluding carboxylic acids is 1. The Hall–Kier alpha value is -9.73. The van der Waals surface area contributed by atoms with E-state index in [1.807, 2.05) is 54.6 Å². The van der Waals surface area contributed by atoms with E-state index in [0.717, 1.165) is 36.5 Å². The van der Waals surface area contributed by atoms with Crippen molar-refractivity contribution < 1.29 is 23.3 Å². The van der Waals surface area contributed by atoms with Crippen LogP contribution >= 0.6 is 0 Å². The highest BCUT2D eigenvalue weighted by atomic mass is 16.3. The predicted octanol–water partition coefficient (Wildman–Crippen LogP) is 9.33. The first-order valence-corrected chi connectivity index (χ1v) is 18.0. The first-order chi connectivity index (χ1) is 30.4. The highest BCUT2D eigenvalue weighted by Crippen LogP contribution is 2.24. The molecule has 62 heavy (non-hydrogen) atoms. The summed E-state index contributed by atoms with van der Waals surface area (Å²) in [4.78, 5) is 32.3. The number of nitrogens with one attached hydrogen (secondary N) is 3. The number of benzene rings is 2. The molecule has 3 N–H and O–H groups in total. The van der Waals surface area contributed by atoms with Gasteiger partial charge in [0.1, 0.15) is 11.1 Å². The van der Waals surface area contributed by atoms with Gasteiger partial charge < -0.3 is 15.5 Å². The van der Waals surface area contributed by atoms with Gasteiger partial charge in [-0.3, -0.25) is 9.78 Å². The molecule has 0 spiro atoms. The molecule has 1 aromatic heterocycles. The molecule has 2 aromatic carbocycles. The minimum Gasteiger partial charge on any atom is -0.362 e. The predicted molar refractivity (Wildman–Crippen MR) is 269 cm³/mol. The average Bonchev–Trinajstić information content (AvgIpc) is 3.29. The van der Waals surface area contributed by atoms with Crippen LogP contribution in [-0.4, -0.2) is 48.0 Å². The van der Waals surface area contributed by atoms with Gasteiger partial charge in [-0.1, -0.05) is 61.7 Å². The molecule has 1 amide bonds. The zero-order chi connectivity index (χ0) is 45.1. The number of nitroso groups, excluding NO2 is 1. The summed E-state index contributed by atoms with van der Waals surface area (Å²) in [5.41, 5.74) is 9.44. The fourth-order valence-corrected chi connectivity index (χ4v) is 4.07. The number of anilines is 1. The van der Waals surface area contributed by atoms with Gasteiger partial charge in [-0.05, 0) is 150 Å². The Morgan fingerprint density at radius 1 is 0.758 bits per heavy atom. The third kappa shape index (κ3) is 26.2. The summed E-state index contributed by atoms with van der Waals surface area (Å²) in [6.45, 7) is 5.30. The standard InChI is InChI=1S/C25H31N5O.C25H4.HN5O.13H2/c1-4-8-22(19-9-6-5-7-10-19)28-24-18-26-17-23(29-24)20-11-13-21(14-12-20)25(31)27-15-16-30(2)3;1-3-5-7-9-11-13-15-17-19-21-23-25-24-22-20-18-16-14-12-10-8-6-4-2;1-2-3-4-5-6;;;;;;;;;;;;;/h5-7,9-14,17-18,22H,4,8,15-16H2,1-3H3,(H,27,31)(H,28,29);1H,2H3;1H;13*1H/b;;2-1?,4-3+;;;;;;;;;;;;;. The lowest BCUT2D eigenvalue weighted by molar-refractivity contribution is 0.0951. The van der Waals surface area contributed by atoms with Crippen LogP contribution in [0.3, 0.4) is 0 Å². The molecule has 0 bridgehead atoms. The normalized spacial score (nSPS) is 8.32. The molecule has 0 aliphatic carbocycles. The minimum absolute atomic E-state index is 0. The van der Waals surface area contributed by atoms with Crippen molar-refractivity contribution in [3.05, 3.63) is 83.0 Å². The van der Waals surface area contributed by atoms with E-state index in [4.69, 9.17) is 21.8 Å². The number of hydrogen-bond acceptors (Lipinski definition) is 7. The van der Waals surface area contributed by atoms with E-state index < -0.39 is 0 Å². The highest BCUT2D eigenvalue weighted by molar-refractivity contribution is 5.94. The zero-order valence-electron chi connectivity index (χ0n) is 34.3. The van der Waals surface area contributed by atoms with Crippen molar-refractivity contribution in [2.45, 2.75) is 32.7 Å². The van der Waals surface area contributed by atoms with Gasteiger partial charge in [-0.15, -0.1) is 11.3 Å². The topological polar surface area (TPSA) is 161 Å². The van der Waals surface area contributed by atoms with Crippen molar-refractivity contribution in [1.29, 1.82) is 5.53 Å². The second-order valence-electron chi connectivity index (χ2n) is 11.2. The van der Waals surface area contributed by atoms with Crippen LogP contribution < -0.4 is 10.6 Å². The summed E-state index contributed by atoms with van der Waals surface area (Å²) in [7, 11) is 3.96. The van der Waals surface area contributed by atoms with E-state index in [1.54, 1.807) is 19.3 Å². The molecule has 0 saturated carbocycles. The SMILES string of the molecule is C#CC#CC#CC#CC#CC#CC#CC#CC#CC#CC#CC#CC.CCCC(Nc1cncc(-c2ccc(C(=O)NCCN(C)C)cc2)n1)c1ccccc1.N=N/N=N/N=O.[HH].[HH].[HH].[HH].[HH].[HH].[HH].[HH].[HH].[HH].[HH].[HH].[HH]. The van der Waals surface area contributed by atoms with Gasteiger partial charge in [0.25, 0.3) is 5.91 Å². The van der Waals surface area contributed by atoms with Gasteiger partial charge in [0.2, 0.25) is 0 Å². The van der Waals surface area contributed by atoms with E-state index >= 15 is 0 Å². The molecule has 12 nitrogen and oxygen atoms in total. The van der Waals surface area contributed by atoms with E-state index in [2.05, 4.69) is 199 Å². The van der Waals surface area contributed by atoms with Crippen LogP contribution in [0.2, 0.25) is 0 Å². The lowest BCUT2D eigenvalue weighted by Crippen LogP contribution is -2.31. The third-order valence-electron chi connectivity index (χ3n) is 6.59. The maximum absolute atomic E-state index is 12.3. The number of terminal acetylenes is 1. The zero-order valence-corrected chi connectivity index (χ0v) is 34.3. The molecule has 0 aliphatic heterocycles. The number of aromatic nitrogens is 2. The highest BCUT2D eigenvalue weighted by Gasteiger charge is 2.12. The maximum Gasteiger partial charge on any atom is 0.251 e. The molecule has 0 radical (unpaired) electrons. The smallest absolute Gasteiger partial charge is 0.251 e. The Morgan fingerprint density at radius 2 is 1.27 bits per heavy atom. The largest absolute Gasteiger partial charge is 0.362 e. The molecule has 3 aromatic rings. The molecule has 0 saturated heterocycles. The first kappa shape index (κ1) is 50.3. The number of likely N-dealkylation sites (N-methyl/N-ethyl adjacent to an activating group) is 1. The van der Waals surface area contributed by atoms with Crippen molar-refractivity contribution in [2.75, 3.05) is 32.5 Å².